The van der Waals surface area contributed by atoms with E-state index in [1.54, 1.807) is 6.92 Å². The van der Waals surface area contributed by atoms with E-state index in [0.29, 0.717) is 16.8 Å². The summed E-state index contributed by atoms with van der Waals surface area (Å²) < 4.78 is 5.65. The van der Waals surface area contributed by atoms with Crippen LogP contribution >= 0.6 is 35.3 Å². The molecule has 0 aliphatic carbocycles. The van der Waals surface area contributed by atoms with Gasteiger partial charge in [-0.25, -0.2) is 4.79 Å². The predicted molar refractivity (Wildman–Crippen MR) is 78.5 cm³/mol. The van der Waals surface area contributed by atoms with Gasteiger partial charge >= 0.3 is 5.97 Å². The van der Waals surface area contributed by atoms with Crippen LogP contribution in [0.5, 0.6) is 0 Å². The van der Waals surface area contributed by atoms with E-state index < -0.39 is 0 Å². The highest BCUT2D eigenvalue weighted by molar-refractivity contribution is 8.17. The lowest BCUT2D eigenvalue weighted by Crippen LogP contribution is -2.09. The van der Waals surface area contributed by atoms with E-state index >= 15 is 0 Å². The number of ether oxygens (including phenoxy) is 1. The molecule has 0 aromatic rings. The summed E-state index contributed by atoms with van der Waals surface area (Å²) in [5.74, 6) is 2.83. The molecule has 16 heavy (non-hydrogen) atoms. The van der Waals surface area contributed by atoms with Crippen molar-refractivity contribution in [2.75, 3.05) is 30.1 Å². The summed E-state index contributed by atoms with van der Waals surface area (Å²) in [6, 6.07) is 0. The second-order valence-corrected chi connectivity index (χ2v) is 7.08. The van der Waals surface area contributed by atoms with Gasteiger partial charge in [0.05, 0.1) is 4.58 Å². The highest BCUT2D eigenvalue weighted by Crippen LogP contribution is 2.24. The fraction of sp³-hybridized carbons (Fsp3) is 0.727. The molecule has 0 amide bonds. The van der Waals surface area contributed by atoms with E-state index in [2.05, 4.69) is 19.8 Å². The first-order chi connectivity index (χ1) is 7.61. The lowest BCUT2D eigenvalue weighted by molar-refractivity contribution is -0.138. The maximum atomic E-state index is 11.1. The van der Waals surface area contributed by atoms with Crippen LogP contribution in [0.2, 0.25) is 0 Å². The molecule has 2 nitrogen and oxygen atoms in total. The molecule has 1 atom stereocenters. The number of thioether (sulfide) groups is 3. The summed E-state index contributed by atoms with van der Waals surface area (Å²) in [4.78, 5) is 11.1. The van der Waals surface area contributed by atoms with Crippen molar-refractivity contribution in [2.24, 2.45) is 0 Å². The Bertz CT molecular complexity index is 219. The van der Waals surface area contributed by atoms with Gasteiger partial charge in [0.1, 0.15) is 6.61 Å². The number of esters is 1. The fourth-order valence-electron chi connectivity index (χ4n) is 0.866. The second-order valence-electron chi connectivity index (χ2n) is 3.11. The summed E-state index contributed by atoms with van der Waals surface area (Å²) in [5.41, 5.74) is 0.466. The van der Waals surface area contributed by atoms with Crippen LogP contribution in [0.3, 0.4) is 0 Å². The molecule has 0 radical (unpaired) electrons. The number of hydrogen-bond donors (Lipinski definition) is 0. The Labute approximate surface area is 111 Å². The number of carbonyl (C=O) groups is 1. The van der Waals surface area contributed by atoms with Gasteiger partial charge in [-0.1, -0.05) is 13.5 Å². The van der Waals surface area contributed by atoms with Gasteiger partial charge in [0, 0.05) is 17.1 Å². The second kappa shape index (κ2) is 10.4. The van der Waals surface area contributed by atoms with Crippen molar-refractivity contribution in [3.05, 3.63) is 12.2 Å². The zero-order chi connectivity index (χ0) is 12.4. The molecule has 0 aromatic heterocycles. The molecule has 94 valence electrons. The maximum Gasteiger partial charge on any atom is 0.333 e. The van der Waals surface area contributed by atoms with E-state index in [0.717, 1.165) is 17.3 Å². The van der Waals surface area contributed by atoms with Crippen LogP contribution in [0.1, 0.15) is 13.8 Å². The summed E-state index contributed by atoms with van der Waals surface area (Å²) in [7, 11) is 0. The molecule has 0 bridgehead atoms. The Morgan fingerprint density at radius 2 is 2.19 bits per heavy atom. The minimum atomic E-state index is -0.287. The maximum absolute atomic E-state index is 11.1. The molecular formula is C11H20O2S3. The summed E-state index contributed by atoms with van der Waals surface area (Å²) in [6.07, 6.45) is 2.13. The zero-order valence-corrected chi connectivity index (χ0v) is 12.6. The number of carbonyl (C=O) groups excluding carboxylic acids is 1. The Hall–Kier alpha value is 0.260. The standard InChI is InChI=1S/C11H20O2S3/c1-5-16-10(14-4)8-15-7-6-13-11(12)9(2)3/h10H,2,5-8H2,1,3-4H3. The third-order valence-corrected chi connectivity index (χ3v) is 5.67. The summed E-state index contributed by atoms with van der Waals surface area (Å²) in [5, 5.41) is 0. The van der Waals surface area contributed by atoms with Gasteiger partial charge in [-0.05, 0) is 18.9 Å². The topological polar surface area (TPSA) is 26.3 Å². The molecule has 0 saturated heterocycles. The van der Waals surface area contributed by atoms with Crippen molar-refractivity contribution in [3.8, 4) is 0 Å². The summed E-state index contributed by atoms with van der Waals surface area (Å²) >= 11 is 5.68. The SMILES string of the molecule is C=C(C)C(=O)OCCSCC(SC)SCC. The molecule has 0 spiro atoms. The van der Waals surface area contributed by atoms with Crippen LogP contribution in [0.4, 0.5) is 0 Å². The van der Waals surface area contributed by atoms with Crippen LogP contribution in [-0.2, 0) is 9.53 Å². The lowest BCUT2D eigenvalue weighted by Gasteiger charge is -2.12. The van der Waals surface area contributed by atoms with E-state index in [-0.39, 0.29) is 5.97 Å². The van der Waals surface area contributed by atoms with Crippen LogP contribution in [0, 0.1) is 0 Å². The molecule has 0 N–H and O–H groups in total. The van der Waals surface area contributed by atoms with Gasteiger partial charge < -0.3 is 4.74 Å². The molecule has 1 unspecified atom stereocenters. The largest absolute Gasteiger partial charge is 0.461 e. The highest BCUT2D eigenvalue weighted by Gasteiger charge is 2.06. The third-order valence-electron chi connectivity index (χ3n) is 1.68. The number of hydrogen-bond acceptors (Lipinski definition) is 5. The fourth-order valence-corrected chi connectivity index (χ4v) is 4.26. The van der Waals surface area contributed by atoms with Gasteiger partial charge in [0.15, 0.2) is 0 Å². The molecular weight excluding hydrogens is 260 g/mol. The molecule has 0 fully saturated rings. The molecule has 0 heterocycles. The highest BCUT2D eigenvalue weighted by atomic mass is 32.2. The summed E-state index contributed by atoms with van der Waals surface area (Å²) in [6.45, 7) is 7.85. The smallest absolute Gasteiger partial charge is 0.333 e. The Balaban J connectivity index is 3.45. The monoisotopic (exact) mass is 280 g/mol. The van der Waals surface area contributed by atoms with Gasteiger partial charge in [0.2, 0.25) is 0 Å². The van der Waals surface area contributed by atoms with Crippen molar-refractivity contribution in [1.29, 1.82) is 0 Å². The van der Waals surface area contributed by atoms with Gasteiger partial charge in [-0.15, -0.1) is 11.8 Å². The van der Waals surface area contributed by atoms with Gasteiger partial charge in [-0.2, -0.15) is 23.5 Å². The van der Waals surface area contributed by atoms with Crippen LogP contribution in [0.25, 0.3) is 0 Å². The zero-order valence-electron chi connectivity index (χ0n) is 10.2. The molecule has 0 aliphatic heterocycles. The van der Waals surface area contributed by atoms with Crippen LogP contribution in [0.15, 0.2) is 12.2 Å². The Morgan fingerprint density at radius 3 is 2.69 bits per heavy atom. The average Bonchev–Trinajstić information content (AvgIpc) is 2.26. The van der Waals surface area contributed by atoms with Gasteiger partial charge in [-0.3, -0.25) is 0 Å². The minimum absolute atomic E-state index is 0.287. The molecule has 0 aromatic carbocycles. The third kappa shape index (κ3) is 8.42. The molecule has 0 saturated carbocycles. The van der Waals surface area contributed by atoms with Gasteiger partial charge in [0.25, 0.3) is 0 Å². The van der Waals surface area contributed by atoms with Crippen molar-refractivity contribution in [3.63, 3.8) is 0 Å². The first-order valence-corrected chi connectivity index (χ1v) is 8.65. The van der Waals surface area contributed by atoms with Crippen molar-refractivity contribution in [2.45, 2.75) is 18.4 Å². The van der Waals surface area contributed by atoms with Crippen molar-refractivity contribution >= 4 is 41.3 Å². The average molecular weight is 280 g/mol. The lowest BCUT2D eigenvalue weighted by atomic mass is 10.4. The predicted octanol–water partition coefficient (Wildman–Crippen LogP) is 3.28. The minimum Gasteiger partial charge on any atom is -0.461 e. The van der Waals surface area contributed by atoms with E-state index in [4.69, 9.17) is 4.74 Å². The van der Waals surface area contributed by atoms with Crippen molar-refractivity contribution < 1.29 is 9.53 Å². The normalized spacial score (nSPS) is 12.2. The van der Waals surface area contributed by atoms with E-state index in [9.17, 15) is 4.79 Å². The molecule has 0 rings (SSSR count). The first-order valence-electron chi connectivity index (χ1n) is 5.16. The molecule has 5 heteroatoms. The Morgan fingerprint density at radius 1 is 1.50 bits per heavy atom. The number of rotatable bonds is 9. The van der Waals surface area contributed by atoms with E-state index in [1.807, 2.05) is 35.3 Å². The molecule has 0 aliphatic rings. The van der Waals surface area contributed by atoms with E-state index in [1.165, 1.54) is 0 Å². The van der Waals surface area contributed by atoms with Crippen LogP contribution < -0.4 is 0 Å². The first kappa shape index (κ1) is 16.3. The Kier molecular flexibility index (Phi) is 10.6. The quantitative estimate of drug-likeness (QED) is 0.279. The van der Waals surface area contributed by atoms with Crippen molar-refractivity contribution in [1.82, 2.24) is 0 Å². The van der Waals surface area contributed by atoms with Crippen LogP contribution in [-0.4, -0.2) is 40.7 Å².